The average molecular weight is 292 g/mol. The maximum atomic E-state index is 11.5. The van der Waals surface area contributed by atoms with Crippen LogP contribution < -0.4 is 10.5 Å². The lowest BCUT2D eigenvalue weighted by molar-refractivity contribution is 0.104. The third kappa shape index (κ3) is 3.29. The molecule has 1 amide bonds. The second-order valence-corrected chi connectivity index (χ2v) is 6.59. The minimum absolute atomic E-state index is 0.0511. The first-order valence-electron chi connectivity index (χ1n) is 7.26. The number of amides is 1. The van der Waals surface area contributed by atoms with Gasteiger partial charge in [0.25, 0.3) is 0 Å². The molecule has 1 aromatic carbocycles. The van der Waals surface area contributed by atoms with Gasteiger partial charge in [0.05, 0.1) is 12.7 Å². The zero-order chi connectivity index (χ0) is 15.8. The number of fused-ring (bicyclic) bond motifs is 1. The molecule has 0 spiro atoms. The molecule has 0 saturated heterocycles. The minimum Gasteiger partial charge on any atom is -0.487 e. The molecule has 1 heterocycles. The molecule has 0 saturated carbocycles. The van der Waals surface area contributed by atoms with E-state index in [-0.39, 0.29) is 18.1 Å². The van der Waals surface area contributed by atoms with Crippen molar-refractivity contribution in [2.24, 2.45) is 11.7 Å². The first kappa shape index (κ1) is 15.6. The molecule has 2 rings (SSSR count). The minimum atomic E-state index is -1.01. The van der Waals surface area contributed by atoms with Crippen LogP contribution in [0, 0.1) is 5.92 Å². The highest BCUT2D eigenvalue weighted by Crippen LogP contribution is 2.38. The summed E-state index contributed by atoms with van der Waals surface area (Å²) in [5.41, 5.74) is 7.77. The number of benzene rings is 1. The Hall–Kier alpha value is -1.75. The molecule has 0 aromatic heterocycles. The van der Waals surface area contributed by atoms with Crippen LogP contribution in [-0.2, 0) is 13.0 Å². The van der Waals surface area contributed by atoms with Crippen molar-refractivity contribution >= 4 is 6.09 Å². The molecular formula is C16H24N2O3. The zero-order valence-electron chi connectivity index (χ0n) is 13.1. The van der Waals surface area contributed by atoms with Gasteiger partial charge >= 0.3 is 6.09 Å². The van der Waals surface area contributed by atoms with Gasteiger partial charge in [-0.1, -0.05) is 32.0 Å². The Morgan fingerprint density at radius 3 is 2.71 bits per heavy atom. The van der Waals surface area contributed by atoms with E-state index in [1.807, 2.05) is 45.9 Å². The standard InChI is InChI=1S/C16H24N2O3/c1-10(2)14(17)18(15(19)20)9-12-7-5-6-11-8-16(3,4)21-13(11)12/h5-7,10,14H,8-9,17H2,1-4H3,(H,19,20). The molecule has 0 radical (unpaired) electrons. The van der Waals surface area contributed by atoms with E-state index in [0.717, 1.165) is 23.3 Å². The molecular weight excluding hydrogens is 268 g/mol. The summed E-state index contributed by atoms with van der Waals surface area (Å²) in [7, 11) is 0. The first-order chi connectivity index (χ1) is 9.71. The van der Waals surface area contributed by atoms with Crippen molar-refractivity contribution in [3.05, 3.63) is 29.3 Å². The number of carboxylic acid groups (broad SMARTS) is 1. The van der Waals surface area contributed by atoms with Crippen LogP contribution in [0.4, 0.5) is 4.79 Å². The van der Waals surface area contributed by atoms with Gasteiger partial charge in [0.15, 0.2) is 0 Å². The fraction of sp³-hybridized carbons (Fsp3) is 0.562. The summed E-state index contributed by atoms with van der Waals surface area (Å²) in [5, 5.41) is 9.41. The van der Waals surface area contributed by atoms with Crippen LogP contribution >= 0.6 is 0 Å². The Morgan fingerprint density at radius 2 is 2.14 bits per heavy atom. The highest BCUT2D eigenvalue weighted by atomic mass is 16.5. The molecule has 1 aliphatic rings. The van der Waals surface area contributed by atoms with E-state index in [1.54, 1.807) is 0 Å². The van der Waals surface area contributed by atoms with Crippen LogP contribution in [0.5, 0.6) is 5.75 Å². The van der Waals surface area contributed by atoms with Gasteiger partial charge in [-0.3, -0.25) is 4.90 Å². The van der Waals surface area contributed by atoms with Crippen LogP contribution in [-0.4, -0.2) is 27.9 Å². The van der Waals surface area contributed by atoms with Gasteiger partial charge in [0.2, 0.25) is 0 Å². The second kappa shape index (κ2) is 5.56. The van der Waals surface area contributed by atoms with Gasteiger partial charge in [0, 0.05) is 12.0 Å². The molecule has 0 aliphatic carbocycles. The fourth-order valence-electron chi connectivity index (χ4n) is 2.65. The maximum absolute atomic E-state index is 11.5. The Labute approximate surface area is 125 Å². The average Bonchev–Trinajstić information content (AvgIpc) is 2.69. The largest absolute Gasteiger partial charge is 0.487 e. The van der Waals surface area contributed by atoms with E-state index >= 15 is 0 Å². The van der Waals surface area contributed by atoms with Crippen molar-refractivity contribution in [3.63, 3.8) is 0 Å². The molecule has 5 heteroatoms. The fourth-order valence-corrected chi connectivity index (χ4v) is 2.65. The number of carbonyl (C=O) groups is 1. The number of nitrogens with two attached hydrogens (primary N) is 1. The number of ether oxygens (including phenoxy) is 1. The third-order valence-electron chi connectivity index (χ3n) is 3.80. The van der Waals surface area contributed by atoms with Crippen molar-refractivity contribution < 1.29 is 14.6 Å². The number of rotatable bonds is 4. The van der Waals surface area contributed by atoms with Gasteiger partial charge in [0.1, 0.15) is 11.4 Å². The quantitative estimate of drug-likeness (QED) is 0.837. The molecule has 3 N–H and O–H groups in total. The van der Waals surface area contributed by atoms with Gasteiger partial charge in [-0.05, 0) is 25.3 Å². The van der Waals surface area contributed by atoms with Crippen LogP contribution in [0.3, 0.4) is 0 Å². The summed E-state index contributed by atoms with van der Waals surface area (Å²) in [6.07, 6.45) is -0.710. The lowest BCUT2D eigenvalue weighted by Crippen LogP contribution is -2.47. The molecule has 5 nitrogen and oxygen atoms in total. The topological polar surface area (TPSA) is 75.8 Å². The summed E-state index contributed by atoms with van der Waals surface area (Å²) in [5.74, 6) is 0.861. The zero-order valence-corrected chi connectivity index (χ0v) is 13.1. The van der Waals surface area contributed by atoms with E-state index in [0.29, 0.717) is 0 Å². The highest BCUT2D eigenvalue weighted by molar-refractivity contribution is 5.65. The van der Waals surface area contributed by atoms with Crippen LogP contribution in [0.15, 0.2) is 18.2 Å². The molecule has 116 valence electrons. The molecule has 1 aliphatic heterocycles. The normalized spacial score (nSPS) is 17.2. The molecule has 21 heavy (non-hydrogen) atoms. The number of hydrogen-bond acceptors (Lipinski definition) is 3. The number of para-hydroxylation sites is 1. The van der Waals surface area contributed by atoms with Crippen molar-refractivity contribution in [2.45, 2.75) is 52.4 Å². The summed E-state index contributed by atoms with van der Waals surface area (Å²) in [6.45, 7) is 8.14. The smallest absolute Gasteiger partial charge is 0.408 e. The van der Waals surface area contributed by atoms with Crippen LogP contribution in [0.1, 0.15) is 38.8 Å². The van der Waals surface area contributed by atoms with Crippen molar-refractivity contribution in [1.29, 1.82) is 0 Å². The summed E-state index contributed by atoms with van der Waals surface area (Å²) < 4.78 is 5.99. The molecule has 0 fully saturated rings. The molecule has 1 aromatic rings. The van der Waals surface area contributed by atoms with Crippen LogP contribution in [0.25, 0.3) is 0 Å². The van der Waals surface area contributed by atoms with Crippen molar-refractivity contribution in [2.75, 3.05) is 0 Å². The second-order valence-electron chi connectivity index (χ2n) is 6.59. The Morgan fingerprint density at radius 1 is 1.48 bits per heavy atom. The third-order valence-corrected chi connectivity index (χ3v) is 3.80. The van der Waals surface area contributed by atoms with E-state index in [4.69, 9.17) is 10.5 Å². The van der Waals surface area contributed by atoms with Gasteiger partial charge in [-0.2, -0.15) is 0 Å². The predicted octanol–water partition coefficient (Wildman–Crippen LogP) is 2.82. The SMILES string of the molecule is CC(C)C(N)N(Cc1cccc2c1OC(C)(C)C2)C(=O)O. The monoisotopic (exact) mass is 292 g/mol. The van der Waals surface area contributed by atoms with Gasteiger partial charge < -0.3 is 15.6 Å². The van der Waals surface area contributed by atoms with E-state index in [2.05, 4.69) is 0 Å². The first-order valence-corrected chi connectivity index (χ1v) is 7.26. The Balaban J connectivity index is 2.28. The van der Waals surface area contributed by atoms with Crippen molar-refractivity contribution in [3.8, 4) is 5.75 Å². The Kier molecular flexibility index (Phi) is 4.14. The van der Waals surface area contributed by atoms with Gasteiger partial charge in [-0.15, -0.1) is 0 Å². The van der Waals surface area contributed by atoms with E-state index in [1.165, 1.54) is 4.90 Å². The van der Waals surface area contributed by atoms with Crippen molar-refractivity contribution in [1.82, 2.24) is 4.90 Å². The Bertz CT molecular complexity index is 540. The molecule has 1 unspecified atom stereocenters. The summed E-state index contributed by atoms with van der Waals surface area (Å²) >= 11 is 0. The lowest BCUT2D eigenvalue weighted by Gasteiger charge is -2.29. The van der Waals surface area contributed by atoms with Gasteiger partial charge in [-0.25, -0.2) is 4.79 Å². The number of hydrogen-bond donors (Lipinski definition) is 2. The summed E-state index contributed by atoms with van der Waals surface area (Å²) in [6, 6.07) is 5.88. The lowest BCUT2D eigenvalue weighted by atomic mass is 10.0. The maximum Gasteiger partial charge on any atom is 0.408 e. The highest BCUT2D eigenvalue weighted by Gasteiger charge is 2.33. The number of nitrogens with zero attached hydrogens (tertiary/aromatic N) is 1. The molecule has 1 atom stereocenters. The predicted molar refractivity (Wildman–Crippen MR) is 81.2 cm³/mol. The molecule has 0 bridgehead atoms. The van der Waals surface area contributed by atoms with Crippen LogP contribution in [0.2, 0.25) is 0 Å². The van der Waals surface area contributed by atoms with E-state index < -0.39 is 12.3 Å². The summed E-state index contributed by atoms with van der Waals surface area (Å²) in [4.78, 5) is 12.8. The van der Waals surface area contributed by atoms with E-state index in [9.17, 15) is 9.90 Å².